The number of rotatable bonds is 6. The van der Waals surface area contributed by atoms with Gasteiger partial charge < -0.3 is 15.4 Å². The fourth-order valence-corrected chi connectivity index (χ4v) is 3.03. The maximum atomic E-state index is 12.1. The number of benzene rings is 1. The van der Waals surface area contributed by atoms with E-state index in [2.05, 4.69) is 56.9 Å². The highest BCUT2D eigenvalue weighted by molar-refractivity contribution is 5.73. The molecule has 0 saturated carbocycles. The van der Waals surface area contributed by atoms with Crippen LogP contribution in [0.25, 0.3) is 0 Å². The van der Waals surface area contributed by atoms with Gasteiger partial charge in [0.2, 0.25) is 0 Å². The lowest BCUT2D eigenvalue weighted by atomic mass is 10.0. The van der Waals surface area contributed by atoms with Gasteiger partial charge in [-0.1, -0.05) is 29.8 Å². The van der Waals surface area contributed by atoms with Gasteiger partial charge in [0.05, 0.1) is 31.5 Å². The number of H-pyrrole nitrogens is 1. The number of amides is 2. The van der Waals surface area contributed by atoms with Crippen molar-refractivity contribution in [3.8, 4) is 0 Å². The minimum atomic E-state index is -0.180. The monoisotopic (exact) mass is 343 g/mol. The maximum absolute atomic E-state index is 12.1. The number of nitrogens with one attached hydrogen (secondary N) is 3. The van der Waals surface area contributed by atoms with Gasteiger partial charge in [0, 0.05) is 25.8 Å². The number of aryl methyl sites for hydroxylation is 1. The molecule has 2 aromatic rings. The number of hydrogen-bond acceptors (Lipinski definition) is 4. The van der Waals surface area contributed by atoms with Crippen LogP contribution in [0, 0.1) is 6.92 Å². The lowest BCUT2D eigenvalue weighted by molar-refractivity contribution is 0.0167. The molecule has 1 aromatic heterocycles. The second-order valence-corrected chi connectivity index (χ2v) is 6.22. The molecule has 7 heteroatoms. The first-order valence-corrected chi connectivity index (χ1v) is 8.60. The smallest absolute Gasteiger partial charge is 0.315 e. The Morgan fingerprint density at radius 2 is 2.16 bits per heavy atom. The average molecular weight is 343 g/mol. The Bertz CT molecular complexity index is 668. The normalized spacial score (nSPS) is 16.4. The number of hydrogen-bond donors (Lipinski definition) is 3. The third-order valence-electron chi connectivity index (χ3n) is 4.37. The van der Waals surface area contributed by atoms with E-state index >= 15 is 0 Å². The van der Waals surface area contributed by atoms with Crippen LogP contribution in [0.5, 0.6) is 0 Å². The van der Waals surface area contributed by atoms with Crippen LogP contribution >= 0.6 is 0 Å². The van der Waals surface area contributed by atoms with Crippen LogP contribution in [0.15, 0.2) is 36.5 Å². The number of aromatic amines is 1. The Morgan fingerprint density at radius 3 is 2.88 bits per heavy atom. The van der Waals surface area contributed by atoms with Crippen LogP contribution in [-0.2, 0) is 11.3 Å². The molecule has 1 aromatic carbocycles. The molecule has 1 aliphatic rings. The maximum Gasteiger partial charge on any atom is 0.315 e. The van der Waals surface area contributed by atoms with Gasteiger partial charge in [0.1, 0.15) is 0 Å². The molecule has 0 radical (unpaired) electrons. The minimum Gasteiger partial charge on any atom is -0.379 e. The number of nitrogens with zero attached hydrogens (tertiary/aromatic N) is 2. The Kier molecular flexibility index (Phi) is 6.03. The summed E-state index contributed by atoms with van der Waals surface area (Å²) in [5, 5.41) is 12.5. The molecule has 134 valence electrons. The molecule has 1 atom stereocenters. The molecule has 0 aliphatic carbocycles. The SMILES string of the molecule is Cc1cccc(C(CNC(=O)NCc2ccn[nH]2)N2CCOCC2)c1. The van der Waals surface area contributed by atoms with Crippen molar-refractivity contribution in [3.63, 3.8) is 0 Å². The highest BCUT2D eigenvalue weighted by atomic mass is 16.5. The van der Waals surface area contributed by atoms with E-state index in [1.165, 1.54) is 11.1 Å². The quantitative estimate of drug-likeness (QED) is 0.744. The zero-order valence-corrected chi connectivity index (χ0v) is 14.5. The average Bonchev–Trinajstić information content (AvgIpc) is 3.15. The van der Waals surface area contributed by atoms with E-state index in [1.807, 2.05) is 6.07 Å². The molecular formula is C18H25N5O2. The molecule has 2 amide bonds. The second-order valence-electron chi connectivity index (χ2n) is 6.22. The number of carbonyl (C=O) groups excluding carboxylic acids is 1. The van der Waals surface area contributed by atoms with Crippen molar-refractivity contribution in [2.75, 3.05) is 32.8 Å². The summed E-state index contributed by atoms with van der Waals surface area (Å²) in [5.41, 5.74) is 3.31. The summed E-state index contributed by atoms with van der Waals surface area (Å²) in [4.78, 5) is 14.5. The number of urea groups is 1. The first kappa shape index (κ1) is 17.4. The standard InChI is InChI=1S/C18H25N5O2/c1-14-3-2-4-15(11-14)17(23-7-9-25-10-8-23)13-20-18(24)19-12-16-5-6-21-22-16/h2-6,11,17H,7-10,12-13H2,1H3,(H,21,22)(H2,19,20,24). The van der Waals surface area contributed by atoms with Crippen molar-refractivity contribution < 1.29 is 9.53 Å². The molecule has 1 unspecified atom stereocenters. The third-order valence-corrected chi connectivity index (χ3v) is 4.37. The summed E-state index contributed by atoms with van der Waals surface area (Å²) in [6, 6.07) is 10.3. The van der Waals surface area contributed by atoms with E-state index in [4.69, 9.17) is 4.74 Å². The highest BCUT2D eigenvalue weighted by Crippen LogP contribution is 2.22. The van der Waals surface area contributed by atoms with E-state index in [0.717, 1.165) is 32.0 Å². The molecule has 1 saturated heterocycles. The summed E-state index contributed by atoms with van der Waals surface area (Å²) >= 11 is 0. The lowest BCUT2D eigenvalue weighted by Crippen LogP contribution is -2.45. The zero-order chi connectivity index (χ0) is 17.5. The summed E-state index contributed by atoms with van der Waals surface area (Å²) < 4.78 is 5.46. The topological polar surface area (TPSA) is 82.3 Å². The fourth-order valence-electron chi connectivity index (χ4n) is 3.03. The summed E-state index contributed by atoms with van der Waals surface area (Å²) in [6.07, 6.45) is 1.67. The number of carbonyl (C=O) groups is 1. The Labute approximate surface area is 147 Å². The fraction of sp³-hybridized carbons (Fsp3) is 0.444. The van der Waals surface area contributed by atoms with Crippen LogP contribution in [0.3, 0.4) is 0 Å². The molecule has 1 aliphatic heterocycles. The first-order chi connectivity index (χ1) is 12.2. The van der Waals surface area contributed by atoms with E-state index in [-0.39, 0.29) is 12.1 Å². The number of morpholine rings is 1. The predicted molar refractivity (Wildman–Crippen MR) is 95.1 cm³/mol. The van der Waals surface area contributed by atoms with E-state index in [1.54, 1.807) is 6.20 Å². The van der Waals surface area contributed by atoms with Crippen LogP contribution in [-0.4, -0.2) is 54.0 Å². The second kappa shape index (κ2) is 8.64. The summed E-state index contributed by atoms with van der Waals surface area (Å²) in [6.45, 7) is 6.27. The van der Waals surface area contributed by atoms with E-state index in [9.17, 15) is 4.79 Å². The molecule has 3 rings (SSSR count). The molecule has 7 nitrogen and oxygen atoms in total. The third kappa shape index (κ3) is 5.04. The van der Waals surface area contributed by atoms with Gasteiger partial charge in [-0.15, -0.1) is 0 Å². The van der Waals surface area contributed by atoms with Gasteiger partial charge in [-0.2, -0.15) is 5.10 Å². The molecular weight excluding hydrogens is 318 g/mol. The Balaban J connectivity index is 1.60. The zero-order valence-electron chi connectivity index (χ0n) is 14.5. The summed E-state index contributed by atoms with van der Waals surface area (Å²) in [7, 11) is 0. The Hall–Kier alpha value is -2.38. The van der Waals surface area contributed by atoms with Crippen molar-refractivity contribution in [1.82, 2.24) is 25.7 Å². The van der Waals surface area contributed by atoms with Gasteiger partial charge in [-0.25, -0.2) is 4.79 Å². The van der Waals surface area contributed by atoms with Crippen molar-refractivity contribution >= 4 is 6.03 Å². The molecule has 3 N–H and O–H groups in total. The predicted octanol–water partition coefficient (Wildman–Crippen LogP) is 1.59. The Morgan fingerprint density at radius 1 is 1.32 bits per heavy atom. The van der Waals surface area contributed by atoms with Crippen LogP contribution < -0.4 is 10.6 Å². The van der Waals surface area contributed by atoms with Crippen LogP contribution in [0.2, 0.25) is 0 Å². The van der Waals surface area contributed by atoms with Crippen molar-refractivity contribution in [1.29, 1.82) is 0 Å². The van der Waals surface area contributed by atoms with Gasteiger partial charge in [0.25, 0.3) is 0 Å². The van der Waals surface area contributed by atoms with Crippen LogP contribution in [0.1, 0.15) is 22.9 Å². The first-order valence-electron chi connectivity index (χ1n) is 8.60. The van der Waals surface area contributed by atoms with Gasteiger partial charge >= 0.3 is 6.03 Å². The number of aromatic nitrogens is 2. The van der Waals surface area contributed by atoms with Gasteiger partial charge in [-0.05, 0) is 18.6 Å². The molecule has 1 fully saturated rings. The molecule has 2 heterocycles. The van der Waals surface area contributed by atoms with Crippen molar-refractivity contribution in [2.24, 2.45) is 0 Å². The molecule has 0 spiro atoms. The van der Waals surface area contributed by atoms with Crippen LogP contribution in [0.4, 0.5) is 4.79 Å². The number of ether oxygens (including phenoxy) is 1. The van der Waals surface area contributed by atoms with Gasteiger partial charge in [0.15, 0.2) is 0 Å². The van der Waals surface area contributed by atoms with Crippen molar-refractivity contribution in [3.05, 3.63) is 53.3 Å². The minimum absolute atomic E-state index is 0.140. The van der Waals surface area contributed by atoms with Crippen molar-refractivity contribution in [2.45, 2.75) is 19.5 Å². The lowest BCUT2D eigenvalue weighted by Gasteiger charge is -2.35. The molecule has 0 bridgehead atoms. The molecule has 25 heavy (non-hydrogen) atoms. The largest absolute Gasteiger partial charge is 0.379 e. The summed E-state index contributed by atoms with van der Waals surface area (Å²) in [5.74, 6) is 0. The van der Waals surface area contributed by atoms with E-state index < -0.39 is 0 Å². The van der Waals surface area contributed by atoms with Gasteiger partial charge in [-0.3, -0.25) is 10.00 Å². The van der Waals surface area contributed by atoms with E-state index in [0.29, 0.717) is 13.1 Å². The highest BCUT2D eigenvalue weighted by Gasteiger charge is 2.23.